The maximum atomic E-state index is 11.9. The van der Waals surface area contributed by atoms with E-state index >= 15 is 0 Å². The zero-order chi connectivity index (χ0) is 12.6. The number of aromatic nitrogens is 1. The summed E-state index contributed by atoms with van der Waals surface area (Å²) in [5, 5.41) is 8.99. The van der Waals surface area contributed by atoms with Crippen LogP contribution in [-0.2, 0) is 10.0 Å². The Bertz CT molecular complexity index is 535. The highest BCUT2D eigenvalue weighted by Gasteiger charge is 2.39. The normalized spacial score (nSPS) is 23.7. The average Bonchev–Trinajstić information content (AvgIpc) is 2.99. The zero-order valence-corrected chi connectivity index (χ0v) is 10.9. The van der Waals surface area contributed by atoms with Crippen LogP contribution in [0.3, 0.4) is 0 Å². The van der Waals surface area contributed by atoms with E-state index in [1.165, 1.54) is 6.07 Å². The van der Waals surface area contributed by atoms with Crippen molar-refractivity contribution >= 4 is 33.2 Å². The Balaban J connectivity index is 2.17. The first-order valence-electron chi connectivity index (χ1n) is 4.88. The number of pyridine rings is 1. The molecular formula is C9H10Cl2N2O3S. The molecule has 1 aromatic heterocycles. The van der Waals surface area contributed by atoms with E-state index in [0.29, 0.717) is 6.42 Å². The van der Waals surface area contributed by atoms with Gasteiger partial charge in [0.05, 0.1) is 5.02 Å². The Morgan fingerprint density at radius 1 is 1.53 bits per heavy atom. The minimum absolute atomic E-state index is 0.000469. The Kier molecular flexibility index (Phi) is 3.61. The van der Waals surface area contributed by atoms with Crippen LogP contribution in [0.4, 0.5) is 0 Å². The molecular weight excluding hydrogens is 287 g/mol. The maximum Gasteiger partial charge on any atom is 0.242 e. The van der Waals surface area contributed by atoms with Gasteiger partial charge in [0.2, 0.25) is 10.0 Å². The van der Waals surface area contributed by atoms with Gasteiger partial charge < -0.3 is 5.11 Å². The first-order valence-corrected chi connectivity index (χ1v) is 7.12. The van der Waals surface area contributed by atoms with Gasteiger partial charge in [-0.25, -0.2) is 18.1 Å². The van der Waals surface area contributed by atoms with Crippen molar-refractivity contribution in [3.05, 3.63) is 22.4 Å². The van der Waals surface area contributed by atoms with Crippen molar-refractivity contribution in [1.82, 2.24) is 9.71 Å². The van der Waals surface area contributed by atoms with Gasteiger partial charge in [0.15, 0.2) is 0 Å². The molecule has 5 nitrogen and oxygen atoms in total. The van der Waals surface area contributed by atoms with Gasteiger partial charge in [-0.05, 0) is 18.4 Å². The summed E-state index contributed by atoms with van der Waals surface area (Å²) >= 11 is 11.3. The highest BCUT2D eigenvalue weighted by atomic mass is 35.5. The highest BCUT2D eigenvalue weighted by Crippen LogP contribution is 2.31. The predicted molar refractivity (Wildman–Crippen MR) is 63.6 cm³/mol. The Labute approximate surface area is 109 Å². The van der Waals surface area contributed by atoms with Gasteiger partial charge in [-0.2, -0.15) is 0 Å². The zero-order valence-electron chi connectivity index (χ0n) is 8.60. The molecule has 0 saturated heterocycles. The lowest BCUT2D eigenvalue weighted by atomic mass is 10.4. The van der Waals surface area contributed by atoms with Gasteiger partial charge in [0, 0.05) is 18.8 Å². The summed E-state index contributed by atoms with van der Waals surface area (Å²) in [4.78, 5) is 3.64. The number of halogens is 2. The summed E-state index contributed by atoms with van der Waals surface area (Å²) < 4.78 is 26.2. The molecule has 2 rings (SSSR count). The van der Waals surface area contributed by atoms with Gasteiger partial charge in [-0.15, -0.1) is 0 Å². The SMILES string of the molecule is O=S(=O)(N[C@@H]1C[C@H]1CO)c1cnc(Cl)c(Cl)c1. The Hall–Kier alpha value is -0.400. The molecule has 94 valence electrons. The molecule has 0 bridgehead atoms. The number of nitrogens with zero attached hydrogens (tertiary/aromatic N) is 1. The smallest absolute Gasteiger partial charge is 0.242 e. The van der Waals surface area contributed by atoms with Crippen LogP contribution in [0.15, 0.2) is 17.2 Å². The van der Waals surface area contributed by atoms with Crippen LogP contribution in [-0.4, -0.2) is 31.2 Å². The van der Waals surface area contributed by atoms with Crippen molar-refractivity contribution in [3.63, 3.8) is 0 Å². The number of aliphatic hydroxyl groups is 1. The lowest BCUT2D eigenvalue weighted by Gasteiger charge is -2.06. The van der Waals surface area contributed by atoms with Crippen molar-refractivity contribution in [2.24, 2.45) is 5.92 Å². The van der Waals surface area contributed by atoms with E-state index in [9.17, 15) is 8.42 Å². The molecule has 1 heterocycles. The number of hydrogen-bond acceptors (Lipinski definition) is 4. The van der Waals surface area contributed by atoms with Gasteiger partial charge in [0.1, 0.15) is 10.0 Å². The van der Waals surface area contributed by atoms with E-state index in [-0.39, 0.29) is 33.6 Å². The quantitative estimate of drug-likeness (QED) is 0.814. The Morgan fingerprint density at radius 2 is 2.24 bits per heavy atom. The van der Waals surface area contributed by atoms with E-state index in [0.717, 1.165) is 6.20 Å². The molecule has 17 heavy (non-hydrogen) atoms. The minimum Gasteiger partial charge on any atom is -0.396 e. The van der Waals surface area contributed by atoms with E-state index in [4.69, 9.17) is 28.3 Å². The highest BCUT2D eigenvalue weighted by molar-refractivity contribution is 7.89. The summed E-state index contributed by atoms with van der Waals surface area (Å²) in [7, 11) is -3.65. The topological polar surface area (TPSA) is 79.3 Å². The predicted octanol–water partition coefficient (Wildman–Crippen LogP) is 1.05. The largest absolute Gasteiger partial charge is 0.396 e. The standard InChI is InChI=1S/C9H10Cl2N2O3S/c10-7-2-6(3-12-9(7)11)17(15,16)13-8-1-5(8)4-14/h2-3,5,8,13-14H,1,4H2/t5-,8+/m0/s1. The van der Waals surface area contributed by atoms with Crippen molar-refractivity contribution in [1.29, 1.82) is 0 Å². The van der Waals surface area contributed by atoms with Gasteiger partial charge in [0.25, 0.3) is 0 Å². The summed E-state index contributed by atoms with van der Waals surface area (Å²) in [6.45, 7) is -0.0210. The second-order valence-corrected chi connectivity index (χ2v) is 6.33. The number of rotatable bonds is 4. The van der Waals surface area contributed by atoms with Crippen LogP contribution in [0.5, 0.6) is 0 Å². The summed E-state index contributed by atoms with van der Waals surface area (Å²) in [6.07, 6.45) is 1.79. The molecule has 1 saturated carbocycles. The monoisotopic (exact) mass is 296 g/mol. The lowest BCUT2D eigenvalue weighted by Crippen LogP contribution is -2.27. The van der Waals surface area contributed by atoms with E-state index in [2.05, 4.69) is 9.71 Å². The third-order valence-electron chi connectivity index (χ3n) is 2.55. The maximum absolute atomic E-state index is 11.9. The minimum atomic E-state index is -3.65. The number of sulfonamides is 1. The Morgan fingerprint density at radius 3 is 2.76 bits per heavy atom. The van der Waals surface area contributed by atoms with Crippen LogP contribution >= 0.6 is 23.2 Å². The molecule has 0 radical (unpaired) electrons. The molecule has 1 fully saturated rings. The van der Waals surface area contributed by atoms with Crippen LogP contribution in [0.25, 0.3) is 0 Å². The lowest BCUT2D eigenvalue weighted by molar-refractivity contribution is 0.273. The molecule has 8 heteroatoms. The molecule has 0 spiro atoms. The van der Waals surface area contributed by atoms with Crippen LogP contribution in [0, 0.1) is 5.92 Å². The third-order valence-corrected chi connectivity index (χ3v) is 4.69. The van der Waals surface area contributed by atoms with Crippen LogP contribution in [0.2, 0.25) is 10.2 Å². The molecule has 0 aliphatic heterocycles. The summed E-state index contributed by atoms with van der Waals surface area (Å²) in [5.41, 5.74) is 0. The molecule has 0 unspecified atom stereocenters. The molecule has 1 aromatic rings. The number of nitrogens with one attached hydrogen (secondary N) is 1. The fraction of sp³-hybridized carbons (Fsp3) is 0.444. The number of hydrogen-bond donors (Lipinski definition) is 2. The second kappa shape index (κ2) is 4.70. The van der Waals surface area contributed by atoms with Gasteiger partial charge in [-0.3, -0.25) is 0 Å². The third kappa shape index (κ3) is 2.89. The first-order chi connectivity index (χ1) is 7.94. The summed E-state index contributed by atoms with van der Waals surface area (Å²) in [6, 6.07) is 1.04. The molecule has 0 amide bonds. The van der Waals surface area contributed by atoms with Crippen LogP contribution in [0.1, 0.15) is 6.42 Å². The fourth-order valence-corrected chi connectivity index (χ4v) is 3.03. The molecule has 2 N–H and O–H groups in total. The molecule has 0 aromatic carbocycles. The fourth-order valence-electron chi connectivity index (χ4n) is 1.41. The summed E-state index contributed by atoms with van der Waals surface area (Å²) in [5.74, 6) is 0.000469. The average molecular weight is 297 g/mol. The van der Waals surface area contributed by atoms with E-state index in [1.54, 1.807) is 0 Å². The van der Waals surface area contributed by atoms with Crippen molar-refractivity contribution < 1.29 is 13.5 Å². The van der Waals surface area contributed by atoms with E-state index < -0.39 is 10.0 Å². The first kappa shape index (κ1) is 13.0. The number of aliphatic hydroxyl groups excluding tert-OH is 1. The molecule has 1 aliphatic rings. The molecule has 1 aliphatic carbocycles. The van der Waals surface area contributed by atoms with Gasteiger partial charge >= 0.3 is 0 Å². The van der Waals surface area contributed by atoms with Crippen molar-refractivity contribution in [3.8, 4) is 0 Å². The van der Waals surface area contributed by atoms with Crippen molar-refractivity contribution in [2.45, 2.75) is 17.4 Å². The second-order valence-electron chi connectivity index (χ2n) is 3.85. The van der Waals surface area contributed by atoms with Gasteiger partial charge in [-0.1, -0.05) is 23.2 Å². The molecule has 2 atom stereocenters. The van der Waals surface area contributed by atoms with Crippen LogP contribution < -0.4 is 4.72 Å². The van der Waals surface area contributed by atoms with Crippen molar-refractivity contribution in [2.75, 3.05) is 6.61 Å². The van der Waals surface area contributed by atoms with E-state index in [1.807, 2.05) is 0 Å².